The van der Waals surface area contributed by atoms with E-state index in [-0.39, 0.29) is 6.04 Å². The summed E-state index contributed by atoms with van der Waals surface area (Å²) in [5, 5.41) is 3.71. The van der Waals surface area contributed by atoms with Gasteiger partial charge in [-0.25, -0.2) is 9.67 Å². The first-order valence-electron chi connectivity index (χ1n) is 6.10. The van der Waals surface area contributed by atoms with Crippen LogP contribution in [0.25, 0.3) is 5.82 Å². The van der Waals surface area contributed by atoms with Crippen LogP contribution in [-0.4, -0.2) is 20.8 Å². The van der Waals surface area contributed by atoms with Crippen LogP contribution in [0.15, 0.2) is 24.7 Å². The van der Waals surface area contributed by atoms with E-state index in [4.69, 9.17) is 5.73 Å². The summed E-state index contributed by atoms with van der Waals surface area (Å²) in [4.78, 5) is 4.17. The highest BCUT2D eigenvalue weighted by Crippen LogP contribution is 2.29. The lowest BCUT2D eigenvalue weighted by Gasteiger charge is -2.09. The summed E-state index contributed by atoms with van der Waals surface area (Å²) in [5.41, 5.74) is 6.61. The molecule has 0 spiro atoms. The molecule has 2 heterocycles. The summed E-state index contributed by atoms with van der Waals surface area (Å²) < 4.78 is 38.7. The summed E-state index contributed by atoms with van der Waals surface area (Å²) >= 11 is 0. The quantitative estimate of drug-likeness (QED) is 0.942. The minimum atomic E-state index is -4.40. The average Bonchev–Trinajstić information content (AvgIpc) is 2.77. The van der Waals surface area contributed by atoms with Gasteiger partial charge < -0.3 is 5.73 Å². The molecular weight excluding hydrogens is 269 g/mol. The second-order valence-corrected chi connectivity index (χ2v) is 4.84. The van der Waals surface area contributed by atoms with Crippen LogP contribution in [0.2, 0.25) is 0 Å². The van der Waals surface area contributed by atoms with Crippen LogP contribution < -0.4 is 5.73 Å². The van der Waals surface area contributed by atoms with Crippen LogP contribution in [0.1, 0.15) is 23.6 Å². The molecule has 0 aliphatic heterocycles. The van der Waals surface area contributed by atoms with E-state index < -0.39 is 11.7 Å². The maximum Gasteiger partial charge on any atom is 0.419 e. The number of hydrogen-bond donors (Lipinski definition) is 1. The molecule has 0 amide bonds. The Bertz CT molecular complexity index is 602. The molecule has 2 rings (SSSR count). The minimum absolute atomic E-state index is 0.00332. The average molecular weight is 284 g/mol. The third-order valence-electron chi connectivity index (χ3n) is 2.79. The van der Waals surface area contributed by atoms with E-state index >= 15 is 0 Å². The largest absolute Gasteiger partial charge is 0.419 e. The van der Waals surface area contributed by atoms with Crippen molar-refractivity contribution in [1.29, 1.82) is 0 Å². The van der Waals surface area contributed by atoms with Crippen LogP contribution in [0, 0.1) is 6.92 Å². The van der Waals surface area contributed by atoms with Crippen LogP contribution in [0.4, 0.5) is 13.2 Å². The number of aromatic nitrogens is 3. The number of pyridine rings is 1. The Balaban J connectivity index is 2.31. The van der Waals surface area contributed by atoms with Crippen molar-refractivity contribution in [2.24, 2.45) is 5.73 Å². The molecule has 1 unspecified atom stereocenters. The van der Waals surface area contributed by atoms with Crippen molar-refractivity contribution < 1.29 is 13.2 Å². The highest BCUT2D eigenvalue weighted by atomic mass is 19.4. The molecule has 2 aromatic rings. The smallest absolute Gasteiger partial charge is 0.328 e. The van der Waals surface area contributed by atoms with Crippen molar-refractivity contribution in [2.45, 2.75) is 32.5 Å². The van der Waals surface area contributed by atoms with Crippen LogP contribution in [0.5, 0.6) is 0 Å². The fourth-order valence-electron chi connectivity index (χ4n) is 1.93. The molecule has 0 saturated heterocycles. The van der Waals surface area contributed by atoms with E-state index in [9.17, 15) is 13.2 Å². The van der Waals surface area contributed by atoms with Crippen molar-refractivity contribution in [3.8, 4) is 5.82 Å². The van der Waals surface area contributed by atoms with Gasteiger partial charge in [0.15, 0.2) is 5.82 Å². The SMILES string of the molecule is Cc1cc(CC(C)N)cnc1-n1cc(C(F)(F)F)cn1. The number of nitrogens with two attached hydrogens (primary N) is 1. The van der Waals surface area contributed by atoms with E-state index in [2.05, 4.69) is 10.1 Å². The highest BCUT2D eigenvalue weighted by Gasteiger charge is 2.32. The van der Waals surface area contributed by atoms with Crippen molar-refractivity contribution in [2.75, 3.05) is 0 Å². The summed E-state index contributed by atoms with van der Waals surface area (Å²) in [6, 6.07) is 1.87. The Morgan fingerprint density at radius 2 is 2.05 bits per heavy atom. The molecule has 1 atom stereocenters. The molecule has 20 heavy (non-hydrogen) atoms. The summed E-state index contributed by atoms with van der Waals surface area (Å²) in [6.45, 7) is 3.66. The first kappa shape index (κ1) is 14.5. The molecule has 0 bridgehead atoms. The van der Waals surface area contributed by atoms with Crippen molar-refractivity contribution in [3.05, 3.63) is 41.3 Å². The van der Waals surface area contributed by atoms with Gasteiger partial charge in [-0.05, 0) is 31.4 Å². The minimum Gasteiger partial charge on any atom is -0.328 e. The van der Waals surface area contributed by atoms with E-state index in [1.165, 1.54) is 0 Å². The number of nitrogens with zero attached hydrogens (tertiary/aromatic N) is 3. The van der Waals surface area contributed by atoms with E-state index in [1.54, 1.807) is 13.1 Å². The zero-order valence-corrected chi connectivity index (χ0v) is 11.1. The predicted molar refractivity (Wildman–Crippen MR) is 68.5 cm³/mol. The van der Waals surface area contributed by atoms with Gasteiger partial charge in [0.1, 0.15) is 0 Å². The molecule has 0 saturated carbocycles. The molecule has 0 aromatic carbocycles. The van der Waals surface area contributed by atoms with Crippen molar-refractivity contribution in [3.63, 3.8) is 0 Å². The molecular formula is C13H15F3N4. The Kier molecular flexibility index (Phi) is 3.80. The molecule has 0 aliphatic carbocycles. The van der Waals surface area contributed by atoms with Crippen LogP contribution >= 0.6 is 0 Å². The monoisotopic (exact) mass is 284 g/mol. The number of halogens is 3. The molecule has 0 fully saturated rings. The lowest BCUT2D eigenvalue weighted by molar-refractivity contribution is -0.137. The molecule has 0 radical (unpaired) electrons. The van der Waals surface area contributed by atoms with Gasteiger partial charge in [0, 0.05) is 18.4 Å². The van der Waals surface area contributed by atoms with Gasteiger partial charge >= 0.3 is 6.18 Å². The first-order valence-corrected chi connectivity index (χ1v) is 6.10. The van der Waals surface area contributed by atoms with Gasteiger partial charge in [-0.3, -0.25) is 0 Å². The summed E-state index contributed by atoms with van der Waals surface area (Å²) in [7, 11) is 0. The molecule has 4 nitrogen and oxygen atoms in total. The lowest BCUT2D eigenvalue weighted by atomic mass is 10.1. The molecule has 0 aliphatic rings. The Morgan fingerprint density at radius 3 is 2.55 bits per heavy atom. The van der Waals surface area contributed by atoms with Gasteiger partial charge in [-0.2, -0.15) is 18.3 Å². The predicted octanol–water partition coefficient (Wildman–Crippen LogP) is 2.48. The third kappa shape index (κ3) is 3.16. The van der Waals surface area contributed by atoms with Gasteiger partial charge in [-0.15, -0.1) is 0 Å². The second kappa shape index (κ2) is 5.24. The maximum absolute atomic E-state index is 12.5. The van der Waals surface area contributed by atoms with Gasteiger partial charge in [0.25, 0.3) is 0 Å². The lowest BCUT2D eigenvalue weighted by Crippen LogP contribution is -2.18. The Labute approximate surface area is 114 Å². The van der Waals surface area contributed by atoms with Crippen LogP contribution in [-0.2, 0) is 12.6 Å². The zero-order valence-electron chi connectivity index (χ0n) is 11.1. The summed E-state index contributed by atoms with van der Waals surface area (Å²) in [6.07, 6.45) is -0.402. The van der Waals surface area contributed by atoms with E-state index in [1.807, 2.05) is 13.0 Å². The fourth-order valence-corrected chi connectivity index (χ4v) is 1.93. The van der Waals surface area contributed by atoms with E-state index in [0.717, 1.165) is 28.2 Å². The van der Waals surface area contributed by atoms with Crippen molar-refractivity contribution in [1.82, 2.24) is 14.8 Å². The first-order chi connectivity index (χ1) is 9.27. The highest BCUT2D eigenvalue weighted by molar-refractivity contribution is 5.35. The maximum atomic E-state index is 12.5. The Hall–Kier alpha value is -1.89. The normalized spacial score (nSPS) is 13.5. The second-order valence-electron chi connectivity index (χ2n) is 4.84. The molecule has 2 aromatic heterocycles. The standard InChI is InChI=1S/C13H15F3N4/c1-8-3-10(4-9(2)17)5-18-12(8)20-7-11(6-19-20)13(14,15)16/h3,5-7,9H,4,17H2,1-2H3. The van der Waals surface area contributed by atoms with Gasteiger partial charge in [-0.1, -0.05) is 6.07 Å². The van der Waals surface area contributed by atoms with Gasteiger partial charge in [0.2, 0.25) is 0 Å². The third-order valence-corrected chi connectivity index (χ3v) is 2.79. The van der Waals surface area contributed by atoms with Crippen molar-refractivity contribution >= 4 is 0 Å². The molecule has 2 N–H and O–H groups in total. The summed E-state index contributed by atoms with van der Waals surface area (Å²) in [5.74, 6) is 0.383. The van der Waals surface area contributed by atoms with Crippen LogP contribution in [0.3, 0.4) is 0 Å². The number of alkyl halides is 3. The topological polar surface area (TPSA) is 56.7 Å². The number of hydrogen-bond acceptors (Lipinski definition) is 3. The number of aryl methyl sites for hydroxylation is 1. The zero-order chi connectivity index (χ0) is 14.9. The fraction of sp³-hybridized carbons (Fsp3) is 0.385. The van der Waals surface area contributed by atoms with Gasteiger partial charge in [0.05, 0.1) is 11.8 Å². The Morgan fingerprint density at radius 1 is 1.35 bits per heavy atom. The number of rotatable bonds is 3. The van der Waals surface area contributed by atoms with E-state index in [0.29, 0.717) is 12.2 Å². The molecule has 7 heteroatoms. The molecule has 108 valence electrons.